The van der Waals surface area contributed by atoms with Crippen molar-refractivity contribution >= 4 is 0 Å². The van der Waals surface area contributed by atoms with Gasteiger partial charge in [-0.1, -0.05) is 0 Å². The Hall–Kier alpha value is -0.0800. The van der Waals surface area contributed by atoms with Crippen LogP contribution in [0.3, 0.4) is 0 Å². The summed E-state index contributed by atoms with van der Waals surface area (Å²) < 4.78 is 0. The minimum Gasteiger partial charge on any atom is -0.312 e. The highest BCUT2D eigenvalue weighted by Crippen LogP contribution is 2.30. The van der Waals surface area contributed by atoms with Gasteiger partial charge in [-0.3, -0.25) is 0 Å². The van der Waals surface area contributed by atoms with Gasteiger partial charge < -0.3 is 10.2 Å². The zero-order chi connectivity index (χ0) is 13.0. The summed E-state index contributed by atoms with van der Waals surface area (Å²) in [7, 11) is 0. The molecule has 0 amide bonds. The van der Waals surface area contributed by atoms with Crippen LogP contribution in [0.25, 0.3) is 0 Å². The average Bonchev–Trinajstić information content (AvgIpc) is 2.80. The Kier molecular flexibility index (Phi) is 5.08. The van der Waals surface area contributed by atoms with Crippen molar-refractivity contribution in [3.63, 3.8) is 0 Å². The molecular weight excluding hydrogens is 220 g/mol. The highest BCUT2D eigenvalue weighted by molar-refractivity contribution is 4.80. The monoisotopic (exact) mass is 252 g/mol. The van der Waals surface area contributed by atoms with Crippen LogP contribution in [0.5, 0.6) is 0 Å². The summed E-state index contributed by atoms with van der Waals surface area (Å²) in [5.74, 6) is 1.92. The lowest BCUT2D eigenvalue weighted by molar-refractivity contribution is 0.196. The van der Waals surface area contributed by atoms with E-state index in [1.165, 1.54) is 64.7 Å². The number of hydrogen-bond donors (Lipinski definition) is 1. The maximum absolute atomic E-state index is 3.67. The van der Waals surface area contributed by atoms with Gasteiger partial charge in [-0.2, -0.15) is 0 Å². The van der Waals surface area contributed by atoms with Gasteiger partial charge in [0.1, 0.15) is 0 Å². The van der Waals surface area contributed by atoms with Gasteiger partial charge in [0.2, 0.25) is 0 Å². The maximum Gasteiger partial charge on any atom is 0.00966 e. The molecule has 0 radical (unpaired) electrons. The molecule has 1 saturated heterocycles. The Labute approximate surface area is 114 Å². The van der Waals surface area contributed by atoms with E-state index in [-0.39, 0.29) is 5.54 Å². The third-order valence-corrected chi connectivity index (χ3v) is 4.60. The second-order valence-electron chi connectivity index (χ2n) is 7.53. The normalized spacial score (nSPS) is 30.8. The third kappa shape index (κ3) is 4.89. The summed E-state index contributed by atoms with van der Waals surface area (Å²) in [6, 6.07) is 0. The largest absolute Gasteiger partial charge is 0.312 e. The predicted molar refractivity (Wildman–Crippen MR) is 78.9 cm³/mol. The molecule has 0 bridgehead atoms. The van der Waals surface area contributed by atoms with Gasteiger partial charge in [0, 0.05) is 12.1 Å². The molecule has 2 heteroatoms. The van der Waals surface area contributed by atoms with Crippen molar-refractivity contribution in [2.45, 2.75) is 64.8 Å². The zero-order valence-electron chi connectivity index (χ0n) is 12.7. The second kappa shape index (κ2) is 6.38. The molecule has 2 aliphatic rings. The second-order valence-corrected chi connectivity index (χ2v) is 7.53. The van der Waals surface area contributed by atoms with E-state index in [4.69, 9.17) is 0 Å². The first-order valence-corrected chi connectivity index (χ1v) is 8.00. The molecule has 0 unspecified atom stereocenters. The smallest absolute Gasteiger partial charge is 0.00966 e. The first-order chi connectivity index (χ1) is 8.53. The Morgan fingerprint density at radius 3 is 2.06 bits per heavy atom. The quantitative estimate of drug-likeness (QED) is 0.826. The number of likely N-dealkylation sites (tertiary alicyclic amines) is 1. The van der Waals surface area contributed by atoms with Crippen LogP contribution < -0.4 is 5.32 Å². The van der Waals surface area contributed by atoms with E-state index >= 15 is 0 Å². The number of nitrogens with zero attached hydrogens (tertiary/aromatic N) is 1. The van der Waals surface area contributed by atoms with Crippen LogP contribution in [0.15, 0.2) is 0 Å². The molecule has 18 heavy (non-hydrogen) atoms. The van der Waals surface area contributed by atoms with Crippen molar-refractivity contribution in [3.05, 3.63) is 0 Å². The number of hydrogen-bond acceptors (Lipinski definition) is 2. The van der Waals surface area contributed by atoms with E-state index < -0.39 is 0 Å². The van der Waals surface area contributed by atoms with Crippen LogP contribution in [0, 0.1) is 11.8 Å². The molecule has 1 aliphatic heterocycles. The highest BCUT2D eigenvalue weighted by Gasteiger charge is 2.24. The lowest BCUT2D eigenvalue weighted by atomic mass is 9.81. The van der Waals surface area contributed by atoms with Crippen molar-refractivity contribution in [2.75, 3.05) is 26.2 Å². The van der Waals surface area contributed by atoms with Crippen LogP contribution in [0.2, 0.25) is 0 Å². The van der Waals surface area contributed by atoms with E-state index in [9.17, 15) is 0 Å². The molecule has 1 N–H and O–H groups in total. The summed E-state index contributed by atoms with van der Waals surface area (Å²) in [6.07, 6.45) is 8.69. The summed E-state index contributed by atoms with van der Waals surface area (Å²) in [5.41, 5.74) is 0.284. The summed E-state index contributed by atoms with van der Waals surface area (Å²) >= 11 is 0. The molecule has 0 aromatic carbocycles. The van der Waals surface area contributed by atoms with Gasteiger partial charge in [0.15, 0.2) is 0 Å². The van der Waals surface area contributed by atoms with Crippen LogP contribution >= 0.6 is 0 Å². The molecule has 0 spiro atoms. The molecule has 1 heterocycles. The van der Waals surface area contributed by atoms with Crippen LogP contribution in [0.1, 0.15) is 59.3 Å². The van der Waals surface area contributed by atoms with Gasteiger partial charge >= 0.3 is 0 Å². The summed E-state index contributed by atoms with van der Waals surface area (Å²) in [5, 5.41) is 3.67. The fourth-order valence-electron chi connectivity index (χ4n) is 3.40. The third-order valence-electron chi connectivity index (χ3n) is 4.60. The Morgan fingerprint density at radius 1 is 0.944 bits per heavy atom. The van der Waals surface area contributed by atoms with Gasteiger partial charge in [-0.25, -0.2) is 0 Å². The highest BCUT2D eigenvalue weighted by atomic mass is 15.1. The van der Waals surface area contributed by atoms with Crippen LogP contribution in [-0.2, 0) is 0 Å². The van der Waals surface area contributed by atoms with Crippen LogP contribution in [-0.4, -0.2) is 36.6 Å². The number of rotatable bonds is 4. The van der Waals surface area contributed by atoms with Gasteiger partial charge in [0.05, 0.1) is 0 Å². The van der Waals surface area contributed by atoms with Crippen molar-refractivity contribution in [1.29, 1.82) is 0 Å². The van der Waals surface area contributed by atoms with Gasteiger partial charge in [0.25, 0.3) is 0 Å². The van der Waals surface area contributed by atoms with E-state index in [0.29, 0.717) is 0 Å². The topological polar surface area (TPSA) is 15.3 Å². The van der Waals surface area contributed by atoms with Crippen molar-refractivity contribution < 1.29 is 0 Å². The molecule has 2 nitrogen and oxygen atoms in total. The Bertz CT molecular complexity index is 230. The average molecular weight is 252 g/mol. The molecule has 2 rings (SSSR count). The maximum atomic E-state index is 3.67. The first-order valence-electron chi connectivity index (χ1n) is 8.00. The minimum atomic E-state index is 0.284. The van der Waals surface area contributed by atoms with Crippen molar-refractivity contribution in [3.8, 4) is 0 Å². The number of nitrogens with one attached hydrogen (secondary N) is 1. The first kappa shape index (κ1) is 14.3. The Morgan fingerprint density at radius 2 is 1.50 bits per heavy atom. The summed E-state index contributed by atoms with van der Waals surface area (Å²) in [6.45, 7) is 12.2. The predicted octanol–water partition coefficient (Wildman–Crippen LogP) is 3.28. The van der Waals surface area contributed by atoms with E-state index in [0.717, 1.165) is 11.8 Å². The molecule has 0 aromatic heterocycles. The minimum absolute atomic E-state index is 0.284. The summed E-state index contributed by atoms with van der Waals surface area (Å²) in [4.78, 5) is 2.69. The van der Waals surface area contributed by atoms with Gasteiger partial charge in [-0.15, -0.1) is 0 Å². The molecule has 1 saturated carbocycles. The molecular formula is C16H32N2. The van der Waals surface area contributed by atoms with E-state index in [1.807, 2.05) is 0 Å². The lowest BCUT2D eigenvalue weighted by Gasteiger charge is -2.33. The van der Waals surface area contributed by atoms with Crippen molar-refractivity contribution in [1.82, 2.24) is 10.2 Å². The molecule has 1 aliphatic carbocycles. The van der Waals surface area contributed by atoms with Gasteiger partial charge in [-0.05, 0) is 90.8 Å². The van der Waals surface area contributed by atoms with Crippen molar-refractivity contribution in [2.24, 2.45) is 11.8 Å². The standard InChI is InChI=1S/C16H32N2/c1-16(2,3)17-12-14-6-8-15(9-7-14)13-18-10-4-5-11-18/h14-15,17H,4-13H2,1-3H3. The van der Waals surface area contributed by atoms with E-state index in [1.54, 1.807) is 0 Å². The van der Waals surface area contributed by atoms with Crippen LogP contribution in [0.4, 0.5) is 0 Å². The van der Waals surface area contributed by atoms with E-state index in [2.05, 4.69) is 31.0 Å². The molecule has 106 valence electrons. The molecule has 2 fully saturated rings. The fourth-order valence-corrected chi connectivity index (χ4v) is 3.40. The Balaban J connectivity index is 1.61. The zero-order valence-corrected chi connectivity index (χ0v) is 12.7. The lowest BCUT2D eigenvalue weighted by Crippen LogP contribution is -2.40. The fraction of sp³-hybridized carbons (Fsp3) is 1.00. The SMILES string of the molecule is CC(C)(C)NCC1CCC(CN2CCCC2)CC1. The molecule has 0 aromatic rings. The molecule has 0 atom stereocenters.